The summed E-state index contributed by atoms with van der Waals surface area (Å²) in [6, 6.07) is 6.20. The molecule has 2 aliphatic heterocycles. The zero-order chi connectivity index (χ0) is 18.5. The Balaban J connectivity index is 1.67. The van der Waals surface area contributed by atoms with Crippen LogP contribution in [0.2, 0.25) is 0 Å². The van der Waals surface area contributed by atoms with Crippen molar-refractivity contribution in [3.05, 3.63) is 35.6 Å². The summed E-state index contributed by atoms with van der Waals surface area (Å²) >= 11 is 0. The monoisotopic (exact) mass is 362 g/mol. The summed E-state index contributed by atoms with van der Waals surface area (Å²) in [6.07, 6.45) is 4.50. The highest BCUT2D eigenvalue weighted by Crippen LogP contribution is 2.32. The summed E-state index contributed by atoms with van der Waals surface area (Å²) < 4.78 is 18.3. The number of piperidine rings is 1. The van der Waals surface area contributed by atoms with Gasteiger partial charge in [0, 0.05) is 12.6 Å². The molecule has 26 heavy (non-hydrogen) atoms. The van der Waals surface area contributed by atoms with Gasteiger partial charge >= 0.3 is 5.97 Å². The predicted molar refractivity (Wildman–Crippen MR) is 95.9 cm³/mol. The number of esters is 1. The fourth-order valence-corrected chi connectivity index (χ4v) is 4.06. The minimum atomic E-state index is -0.455. The Hall–Kier alpha value is -1.95. The van der Waals surface area contributed by atoms with Gasteiger partial charge in [-0.25, -0.2) is 9.18 Å². The number of rotatable bonds is 5. The molecule has 0 spiro atoms. The van der Waals surface area contributed by atoms with Gasteiger partial charge in [-0.15, -0.1) is 0 Å². The van der Waals surface area contributed by atoms with Crippen molar-refractivity contribution >= 4 is 11.9 Å². The molecule has 0 radical (unpaired) electrons. The van der Waals surface area contributed by atoms with Crippen molar-refractivity contribution in [3.63, 3.8) is 0 Å². The van der Waals surface area contributed by atoms with Crippen molar-refractivity contribution in [2.24, 2.45) is 0 Å². The van der Waals surface area contributed by atoms with E-state index < -0.39 is 6.04 Å². The lowest BCUT2D eigenvalue weighted by molar-refractivity contribution is -0.157. The van der Waals surface area contributed by atoms with E-state index in [0.29, 0.717) is 19.6 Å². The smallest absolute Gasteiger partial charge is 0.328 e. The number of amides is 1. The SMILES string of the molecule is CCOC(=O)[C@H]1CCCCN1C(=O)CN1CCC[C@@H]1c1ccc(F)cc1. The number of carbonyl (C=O) groups is 2. The molecule has 0 N–H and O–H groups in total. The molecule has 1 aromatic carbocycles. The number of hydrogen-bond donors (Lipinski definition) is 0. The topological polar surface area (TPSA) is 49.9 Å². The molecule has 2 aliphatic rings. The van der Waals surface area contributed by atoms with Crippen molar-refractivity contribution in [1.29, 1.82) is 0 Å². The van der Waals surface area contributed by atoms with Crippen LogP contribution in [0.4, 0.5) is 4.39 Å². The van der Waals surface area contributed by atoms with Gasteiger partial charge in [-0.2, -0.15) is 0 Å². The van der Waals surface area contributed by atoms with Crippen molar-refractivity contribution in [1.82, 2.24) is 9.80 Å². The van der Waals surface area contributed by atoms with Crippen LogP contribution in [0.15, 0.2) is 24.3 Å². The highest BCUT2D eigenvalue weighted by atomic mass is 19.1. The second-order valence-electron chi connectivity index (χ2n) is 7.03. The number of ether oxygens (including phenoxy) is 1. The van der Waals surface area contributed by atoms with Crippen LogP contribution in [0.25, 0.3) is 0 Å². The van der Waals surface area contributed by atoms with Crippen LogP contribution in [-0.2, 0) is 14.3 Å². The summed E-state index contributed by atoms with van der Waals surface area (Å²) in [7, 11) is 0. The summed E-state index contributed by atoms with van der Waals surface area (Å²) in [5.41, 5.74) is 1.04. The zero-order valence-electron chi connectivity index (χ0n) is 15.3. The fourth-order valence-electron chi connectivity index (χ4n) is 4.06. The molecule has 2 atom stereocenters. The fraction of sp³-hybridized carbons (Fsp3) is 0.600. The molecule has 0 saturated carbocycles. The first-order chi connectivity index (χ1) is 12.6. The van der Waals surface area contributed by atoms with Crippen molar-refractivity contribution < 1.29 is 18.7 Å². The molecule has 2 heterocycles. The summed E-state index contributed by atoms with van der Waals surface area (Å²) in [5, 5.41) is 0. The molecule has 3 rings (SSSR count). The quantitative estimate of drug-likeness (QED) is 0.756. The van der Waals surface area contributed by atoms with E-state index in [4.69, 9.17) is 4.74 Å². The van der Waals surface area contributed by atoms with Crippen molar-refractivity contribution in [2.45, 2.75) is 51.1 Å². The van der Waals surface area contributed by atoms with Crippen LogP contribution in [0.1, 0.15) is 50.6 Å². The van der Waals surface area contributed by atoms with Crippen molar-refractivity contribution in [3.8, 4) is 0 Å². The zero-order valence-corrected chi connectivity index (χ0v) is 15.3. The number of likely N-dealkylation sites (tertiary alicyclic amines) is 2. The molecular weight excluding hydrogens is 335 g/mol. The van der Waals surface area contributed by atoms with Crippen LogP contribution >= 0.6 is 0 Å². The molecule has 2 fully saturated rings. The van der Waals surface area contributed by atoms with Gasteiger partial charge in [-0.1, -0.05) is 12.1 Å². The summed E-state index contributed by atoms with van der Waals surface area (Å²) in [6.45, 7) is 3.85. The second-order valence-corrected chi connectivity index (χ2v) is 7.03. The van der Waals surface area contributed by atoms with E-state index in [2.05, 4.69) is 4.90 Å². The van der Waals surface area contributed by atoms with E-state index in [9.17, 15) is 14.0 Å². The van der Waals surface area contributed by atoms with E-state index in [1.54, 1.807) is 24.0 Å². The molecule has 142 valence electrons. The van der Waals surface area contributed by atoms with Gasteiger partial charge in [-0.05, 0) is 63.3 Å². The maximum atomic E-state index is 13.2. The van der Waals surface area contributed by atoms with Crippen LogP contribution in [0.3, 0.4) is 0 Å². The Kier molecular flexibility index (Phi) is 6.25. The van der Waals surface area contributed by atoms with Crippen LogP contribution in [0.5, 0.6) is 0 Å². The average molecular weight is 362 g/mol. The molecule has 0 aromatic heterocycles. The minimum absolute atomic E-state index is 0.0169. The maximum Gasteiger partial charge on any atom is 0.328 e. The molecule has 0 aliphatic carbocycles. The lowest BCUT2D eigenvalue weighted by Crippen LogP contribution is -2.51. The van der Waals surface area contributed by atoms with E-state index in [0.717, 1.165) is 37.8 Å². The van der Waals surface area contributed by atoms with Gasteiger partial charge in [0.05, 0.1) is 13.2 Å². The van der Waals surface area contributed by atoms with Gasteiger partial charge in [0.2, 0.25) is 5.91 Å². The highest BCUT2D eigenvalue weighted by molar-refractivity contribution is 5.86. The van der Waals surface area contributed by atoms with Gasteiger partial charge in [-0.3, -0.25) is 9.69 Å². The number of carbonyl (C=O) groups excluding carboxylic acids is 2. The summed E-state index contributed by atoms with van der Waals surface area (Å²) in [4.78, 5) is 29.0. The third-order valence-electron chi connectivity index (χ3n) is 5.34. The first kappa shape index (κ1) is 18.8. The van der Waals surface area contributed by atoms with Crippen LogP contribution in [-0.4, -0.2) is 54.0 Å². The maximum absolute atomic E-state index is 13.2. The Morgan fingerprint density at radius 1 is 1.12 bits per heavy atom. The van der Waals surface area contributed by atoms with Crippen LogP contribution in [0, 0.1) is 5.82 Å². The third kappa shape index (κ3) is 4.23. The van der Waals surface area contributed by atoms with Crippen molar-refractivity contribution in [2.75, 3.05) is 26.2 Å². The van der Waals surface area contributed by atoms with Gasteiger partial charge in [0.25, 0.3) is 0 Å². The lowest BCUT2D eigenvalue weighted by atomic mass is 10.0. The lowest BCUT2D eigenvalue weighted by Gasteiger charge is -2.36. The molecule has 2 saturated heterocycles. The second kappa shape index (κ2) is 8.62. The third-order valence-corrected chi connectivity index (χ3v) is 5.34. The number of hydrogen-bond acceptors (Lipinski definition) is 4. The molecule has 5 nitrogen and oxygen atoms in total. The summed E-state index contributed by atoms with van der Waals surface area (Å²) in [5.74, 6) is -0.561. The Labute approximate surface area is 154 Å². The standard InChI is InChI=1S/C20H27FN2O3/c1-2-26-20(25)18-6-3-4-13-23(18)19(24)14-22-12-5-7-17(22)15-8-10-16(21)11-9-15/h8-11,17-18H,2-7,12-14H2,1H3/t17-,18-/m1/s1. The van der Waals surface area contributed by atoms with E-state index in [-0.39, 0.29) is 30.3 Å². The van der Waals surface area contributed by atoms with E-state index in [1.165, 1.54) is 12.1 Å². The highest BCUT2D eigenvalue weighted by Gasteiger charge is 2.35. The minimum Gasteiger partial charge on any atom is -0.464 e. The Morgan fingerprint density at radius 2 is 1.88 bits per heavy atom. The first-order valence-electron chi connectivity index (χ1n) is 9.55. The molecule has 0 bridgehead atoms. The van der Waals surface area contributed by atoms with E-state index >= 15 is 0 Å². The number of nitrogens with zero attached hydrogens (tertiary/aromatic N) is 2. The molecule has 1 amide bonds. The predicted octanol–water partition coefficient (Wildman–Crippen LogP) is 2.91. The van der Waals surface area contributed by atoms with E-state index in [1.807, 2.05) is 0 Å². The normalized spacial score (nSPS) is 23.8. The Morgan fingerprint density at radius 3 is 2.62 bits per heavy atom. The largest absolute Gasteiger partial charge is 0.464 e. The first-order valence-corrected chi connectivity index (χ1v) is 9.55. The van der Waals surface area contributed by atoms with Gasteiger partial charge in [0.15, 0.2) is 0 Å². The van der Waals surface area contributed by atoms with Gasteiger partial charge in [0.1, 0.15) is 11.9 Å². The Bertz CT molecular complexity index is 634. The molecular formula is C20H27FN2O3. The number of halogens is 1. The molecule has 1 aromatic rings. The molecule has 6 heteroatoms. The average Bonchev–Trinajstić information content (AvgIpc) is 3.10. The molecule has 0 unspecified atom stereocenters. The van der Waals surface area contributed by atoms with Gasteiger partial charge < -0.3 is 9.64 Å². The number of benzene rings is 1. The van der Waals surface area contributed by atoms with Crippen LogP contribution < -0.4 is 0 Å².